The van der Waals surface area contributed by atoms with E-state index in [1.165, 1.54) is 70.8 Å². The summed E-state index contributed by atoms with van der Waals surface area (Å²) in [5, 5.41) is 5.37. The molecule has 0 unspecified atom stereocenters. The van der Waals surface area contributed by atoms with Gasteiger partial charge < -0.3 is 19.4 Å². The van der Waals surface area contributed by atoms with Crippen molar-refractivity contribution < 1.29 is 25.8 Å². The minimum atomic E-state index is -2.90. The van der Waals surface area contributed by atoms with E-state index in [9.17, 15) is 0 Å². The molecule has 0 N–H and O–H groups in total. The van der Waals surface area contributed by atoms with Gasteiger partial charge in [-0.2, -0.15) is 12.1 Å². The van der Waals surface area contributed by atoms with Crippen LogP contribution in [0.4, 0.5) is 39.9 Å². The van der Waals surface area contributed by atoms with Crippen LogP contribution in [0.2, 0.25) is 0 Å². The SMILES string of the molecule is CC(C)(C)c1cccc(-c2cccc(-c3cc(C(C)(C)C)cc(C(C)(C)C)c3)c2N2[CH-]N(c3[c-]c(Oc4[c-]c5c(cc4)[Si]4(c6ccccc6-c6ccccc64)c4ccccc4N5c4cc(C(C)(C)C)ccn4)ccc3)c3ccccc32)c1.[Pt]. The zero-order valence-electron chi connectivity index (χ0n) is 49.7. The smallest absolute Gasteiger partial charge is 0.135 e. The van der Waals surface area contributed by atoms with Gasteiger partial charge in [0.1, 0.15) is 13.9 Å². The number of fused-ring (bicyclic) bond motifs is 10. The van der Waals surface area contributed by atoms with Crippen molar-refractivity contribution in [3.05, 3.63) is 247 Å². The fraction of sp³-hybridized carbons (Fsp3) is 0.211. The Labute approximate surface area is 508 Å². The summed E-state index contributed by atoms with van der Waals surface area (Å²) >= 11 is 0. The van der Waals surface area contributed by atoms with E-state index in [2.05, 4.69) is 311 Å². The normalized spacial score (nSPS) is 14.1. The van der Waals surface area contributed by atoms with E-state index in [1.54, 1.807) is 0 Å². The topological polar surface area (TPSA) is 31.8 Å². The summed E-state index contributed by atoms with van der Waals surface area (Å²) in [6, 6.07) is 81.7. The zero-order valence-corrected chi connectivity index (χ0v) is 53.0. The fourth-order valence-corrected chi connectivity index (χ4v) is 18.1. The number of benzene rings is 9. The maximum Gasteiger partial charge on any atom is 0.135 e. The molecule has 4 heterocycles. The molecule has 0 amide bonds. The first-order valence-corrected chi connectivity index (χ1v) is 30.9. The Morgan fingerprint density at radius 2 is 0.916 bits per heavy atom. The molecular weight excluding hydrogens is 1210 g/mol. The predicted molar refractivity (Wildman–Crippen MR) is 346 cm³/mol. The van der Waals surface area contributed by atoms with Crippen LogP contribution in [0.1, 0.15) is 105 Å². The van der Waals surface area contributed by atoms with E-state index in [0.717, 1.165) is 45.5 Å². The molecule has 13 rings (SSSR count). The van der Waals surface area contributed by atoms with Crippen molar-refractivity contribution in [2.75, 3.05) is 14.7 Å². The van der Waals surface area contributed by atoms with Crippen molar-refractivity contribution in [1.29, 1.82) is 0 Å². The third-order valence-electron chi connectivity index (χ3n) is 17.0. The van der Waals surface area contributed by atoms with Gasteiger partial charge in [0.25, 0.3) is 0 Å². The van der Waals surface area contributed by atoms with Crippen LogP contribution in [0.3, 0.4) is 0 Å². The van der Waals surface area contributed by atoms with Crippen LogP contribution in [-0.2, 0) is 42.7 Å². The quantitative estimate of drug-likeness (QED) is 0.117. The average Bonchev–Trinajstić information content (AvgIpc) is 3.43. The van der Waals surface area contributed by atoms with Crippen molar-refractivity contribution in [1.82, 2.24) is 4.98 Å². The van der Waals surface area contributed by atoms with Gasteiger partial charge >= 0.3 is 0 Å². The summed E-state index contributed by atoms with van der Waals surface area (Å²) < 4.78 is 7.06. The van der Waals surface area contributed by atoms with E-state index in [4.69, 9.17) is 9.72 Å². The first kappa shape index (κ1) is 55.8. The van der Waals surface area contributed by atoms with Crippen molar-refractivity contribution in [3.8, 4) is 44.9 Å². The predicted octanol–water partition coefficient (Wildman–Crippen LogP) is 17.5. The number of pyridine rings is 1. The number of hydrogen-bond acceptors (Lipinski definition) is 5. The molecule has 1 spiro atoms. The number of nitrogens with zero attached hydrogens (tertiary/aromatic N) is 4. The Kier molecular flexibility index (Phi) is 13.8. The van der Waals surface area contributed by atoms with Gasteiger partial charge in [-0.05, 0) is 112 Å². The Morgan fingerprint density at radius 3 is 1.55 bits per heavy atom. The van der Waals surface area contributed by atoms with Crippen LogP contribution in [-0.4, -0.2) is 13.1 Å². The van der Waals surface area contributed by atoms with Gasteiger partial charge in [-0.15, -0.1) is 47.9 Å². The third-order valence-corrected chi connectivity index (χ3v) is 22.0. The molecule has 0 atom stereocenters. The van der Waals surface area contributed by atoms with Gasteiger partial charge in [-0.25, -0.2) is 4.98 Å². The molecule has 0 saturated heterocycles. The molecular formula is C76H71N4OPtSi-3. The summed E-state index contributed by atoms with van der Waals surface area (Å²) in [4.78, 5) is 12.1. The molecule has 5 nitrogen and oxygen atoms in total. The van der Waals surface area contributed by atoms with Gasteiger partial charge in [0.15, 0.2) is 0 Å². The minimum Gasteiger partial charge on any atom is -0.509 e. The van der Waals surface area contributed by atoms with Gasteiger partial charge in [0.2, 0.25) is 0 Å². The molecule has 7 heteroatoms. The monoisotopic (exact) mass is 1280 g/mol. The average molecular weight is 1280 g/mol. The van der Waals surface area contributed by atoms with Crippen LogP contribution in [0.5, 0.6) is 11.5 Å². The molecule has 418 valence electrons. The largest absolute Gasteiger partial charge is 0.509 e. The number of anilines is 7. The van der Waals surface area contributed by atoms with Gasteiger partial charge in [0.05, 0.1) is 0 Å². The first-order chi connectivity index (χ1) is 39.2. The summed E-state index contributed by atoms with van der Waals surface area (Å²) in [5.74, 6) is 2.04. The molecule has 83 heavy (non-hydrogen) atoms. The molecule has 0 saturated carbocycles. The van der Waals surface area contributed by atoms with E-state index >= 15 is 0 Å². The second kappa shape index (κ2) is 20.5. The number of para-hydroxylation sites is 4. The van der Waals surface area contributed by atoms with Crippen molar-refractivity contribution >= 4 is 68.8 Å². The molecule has 0 radical (unpaired) electrons. The second-order valence-electron chi connectivity index (χ2n) is 26.6. The van der Waals surface area contributed by atoms with Gasteiger partial charge in [-0.1, -0.05) is 228 Å². The standard InChI is InChI=1S/C76H71N4OSi.Pt/c1-73(2,3)52-25-21-24-50(42-52)59-30-23-31-60(51-43-54(75(7,8)9)45-55(44-51)76(10,11)12)72(59)79-49-78(63-32-15-16-33-64(63)79)56-26-22-27-57(47-56)81-58-38-39-70-66(48-58)80(71-46-53(40-41-77-71)74(4,5)6)65-34-17-20-37-69(65)82(70)67-35-18-13-28-61(67)62-29-14-19-36-68(62)82;/h13-46,49H,1-12H3;/q-3;. The molecule has 0 aliphatic carbocycles. The van der Waals surface area contributed by atoms with Crippen molar-refractivity contribution in [3.63, 3.8) is 0 Å². The number of rotatable bonds is 7. The van der Waals surface area contributed by atoms with E-state index in [1.807, 2.05) is 12.3 Å². The molecule has 9 aromatic carbocycles. The van der Waals surface area contributed by atoms with E-state index in [-0.39, 0.29) is 42.7 Å². The van der Waals surface area contributed by atoms with Crippen LogP contribution in [0, 0.1) is 18.8 Å². The minimum absolute atomic E-state index is 0. The van der Waals surface area contributed by atoms with E-state index < -0.39 is 8.07 Å². The van der Waals surface area contributed by atoms with Gasteiger partial charge in [-0.3, -0.25) is 0 Å². The van der Waals surface area contributed by atoms with Crippen LogP contribution in [0.15, 0.2) is 206 Å². The second-order valence-corrected chi connectivity index (χ2v) is 30.3. The number of hydrogen-bond donors (Lipinski definition) is 0. The van der Waals surface area contributed by atoms with Crippen molar-refractivity contribution in [2.45, 2.75) is 105 Å². The fourth-order valence-electron chi connectivity index (χ4n) is 12.6. The summed E-state index contributed by atoms with van der Waals surface area (Å²) in [7, 11) is -2.90. The van der Waals surface area contributed by atoms with Crippen LogP contribution >= 0.6 is 0 Å². The van der Waals surface area contributed by atoms with Crippen LogP contribution in [0.25, 0.3) is 33.4 Å². The Hall–Kier alpha value is -7.76. The summed E-state index contributed by atoms with van der Waals surface area (Å²) in [6.07, 6.45) is 1.95. The third kappa shape index (κ3) is 9.57. The molecule has 3 aliphatic rings. The summed E-state index contributed by atoms with van der Waals surface area (Å²) in [5.41, 5.74) is 18.4. The number of aromatic nitrogens is 1. The molecule has 3 aliphatic heterocycles. The summed E-state index contributed by atoms with van der Waals surface area (Å²) in [6.45, 7) is 29.8. The molecule has 10 aromatic rings. The Morgan fingerprint density at radius 1 is 0.410 bits per heavy atom. The Bertz CT molecular complexity index is 4080. The molecule has 1 aromatic heterocycles. The maximum atomic E-state index is 7.06. The van der Waals surface area contributed by atoms with E-state index in [0.29, 0.717) is 11.5 Å². The van der Waals surface area contributed by atoms with Crippen LogP contribution < -0.4 is 40.2 Å². The zero-order chi connectivity index (χ0) is 57.1. The van der Waals surface area contributed by atoms with Gasteiger partial charge in [0, 0.05) is 72.6 Å². The first-order valence-electron chi connectivity index (χ1n) is 28.9. The number of ether oxygens (including phenoxy) is 1. The Balaban J connectivity index is 0.00000680. The molecule has 0 bridgehead atoms. The van der Waals surface area contributed by atoms with Crippen molar-refractivity contribution in [2.24, 2.45) is 0 Å². The maximum absolute atomic E-state index is 7.06. The molecule has 0 fully saturated rings.